The van der Waals surface area contributed by atoms with Crippen LogP contribution in [0.5, 0.6) is 0 Å². The van der Waals surface area contributed by atoms with E-state index in [1.165, 1.54) is 56.4 Å². The molecule has 1 saturated carbocycles. The Bertz CT molecular complexity index is 620. The van der Waals surface area contributed by atoms with Crippen molar-refractivity contribution in [2.75, 3.05) is 45.3 Å². The van der Waals surface area contributed by atoms with Crippen LogP contribution in [0.4, 0.5) is 5.69 Å². The van der Waals surface area contributed by atoms with Gasteiger partial charge >= 0.3 is 0 Å². The standard InChI is InChI=1S/C22H36N4O/c1-18(19-8-6-9-20(16-19)26-13-4-5-14-26)25-21(23-2)24-17-22(10-7-11-22)12-15-27-3/h6,8-9,16,18H,4-5,7,10-15,17H2,1-3H3,(H2,23,24,25). The summed E-state index contributed by atoms with van der Waals surface area (Å²) < 4.78 is 5.30. The van der Waals surface area contributed by atoms with Gasteiger partial charge in [-0.3, -0.25) is 4.99 Å². The van der Waals surface area contributed by atoms with Crippen LogP contribution in [-0.2, 0) is 4.74 Å². The molecule has 5 heteroatoms. The first-order valence-electron chi connectivity index (χ1n) is 10.5. The quantitative estimate of drug-likeness (QED) is 0.539. The average Bonchev–Trinajstić information content (AvgIpc) is 3.20. The smallest absolute Gasteiger partial charge is 0.191 e. The Hall–Kier alpha value is -1.75. The molecule has 1 aliphatic carbocycles. The number of nitrogens with zero attached hydrogens (tertiary/aromatic N) is 2. The lowest BCUT2D eigenvalue weighted by Crippen LogP contribution is -2.47. The summed E-state index contributed by atoms with van der Waals surface area (Å²) in [5, 5.41) is 7.13. The monoisotopic (exact) mass is 372 g/mol. The normalized spacial score (nSPS) is 20.3. The number of ether oxygens (including phenoxy) is 1. The molecule has 2 N–H and O–H groups in total. The van der Waals surface area contributed by atoms with Crippen LogP contribution in [0.1, 0.15) is 57.1 Å². The van der Waals surface area contributed by atoms with Gasteiger partial charge in [-0.15, -0.1) is 0 Å². The van der Waals surface area contributed by atoms with Crippen molar-refractivity contribution < 1.29 is 4.74 Å². The average molecular weight is 373 g/mol. The van der Waals surface area contributed by atoms with Gasteiger partial charge in [-0.1, -0.05) is 18.6 Å². The van der Waals surface area contributed by atoms with E-state index in [0.29, 0.717) is 5.41 Å². The van der Waals surface area contributed by atoms with Crippen molar-refractivity contribution in [2.45, 2.75) is 51.5 Å². The minimum atomic E-state index is 0.218. The van der Waals surface area contributed by atoms with Gasteiger partial charge < -0.3 is 20.3 Å². The van der Waals surface area contributed by atoms with Crippen molar-refractivity contribution in [1.82, 2.24) is 10.6 Å². The van der Waals surface area contributed by atoms with Crippen molar-refractivity contribution in [3.8, 4) is 0 Å². The van der Waals surface area contributed by atoms with Gasteiger partial charge in [0.25, 0.3) is 0 Å². The number of guanidine groups is 1. The lowest BCUT2D eigenvalue weighted by molar-refractivity contribution is 0.0732. The van der Waals surface area contributed by atoms with E-state index in [2.05, 4.69) is 51.7 Å². The fourth-order valence-corrected chi connectivity index (χ4v) is 4.23. The van der Waals surface area contributed by atoms with Gasteiger partial charge in [-0.25, -0.2) is 0 Å². The summed E-state index contributed by atoms with van der Waals surface area (Å²) >= 11 is 0. The van der Waals surface area contributed by atoms with E-state index in [-0.39, 0.29) is 6.04 Å². The summed E-state index contributed by atoms with van der Waals surface area (Å²) in [6, 6.07) is 9.14. The van der Waals surface area contributed by atoms with E-state index in [9.17, 15) is 0 Å². The number of benzene rings is 1. The molecule has 0 radical (unpaired) electrons. The van der Waals surface area contributed by atoms with Crippen LogP contribution in [0.15, 0.2) is 29.3 Å². The Kier molecular flexibility index (Phi) is 7.00. The number of hydrogen-bond acceptors (Lipinski definition) is 3. The highest BCUT2D eigenvalue weighted by molar-refractivity contribution is 5.80. The van der Waals surface area contributed by atoms with Gasteiger partial charge in [0, 0.05) is 46.1 Å². The van der Waals surface area contributed by atoms with Gasteiger partial charge in [-0.2, -0.15) is 0 Å². The highest BCUT2D eigenvalue weighted by Crippen LogP contribution is 2.43. The molecule has 0 bridgehead atoms. The number of anilines is 1. The fraction of sp³-hybridized carbons (Fsp3) is 0.682. The molecule has 27 heavy (non-hydrogen) atoms. The fourth-order valence-electron chi connectivity index (χ4n) is 4.23. The summed E-state index contributed by atoms with van der Waals surface area (Å²) in [5.74, 6) is 0.887. The van der Waals surface area contributed by atoms with Gasteiger partial charge in [0.05, 0.1) is 6.04 Å². The van der Waals surface area contributed by atoms with Crippen molar-refractivity contribution in [2.24, 2.45) is 10.4 Å². The molecule has 0 amide bonds. The van der Waals surface area contributed by atoms with Crippen LogP contribution in [0.3, 0.4) is 0 Å². The topological polar surface area (TPSA) is 48.9 Å². The summed E-state index contributed by atoms with van der Waals surface area (Å²) in [6.45, 7) is 6.38. The Labute approximate surface area is 164 Å². The first-order chi connectivity index (χ1) is 13.2. The molecule has 1 heterocycles. The van der Waals surface area contributed by atoms with E-state index < -0.39 is 0 Å². The zero-order valence-corrected chi connectivity index (χ0v) is 17.3. The maximum absolute atomic E-state index is 5.30. The maximum atomic E-state index is 5.30. The lowest BCUT2D eigenvalue weighted by Gasteiger charge is -2.42. The van der Waals surface area contributed by atoms with E-state index in [1.54, 1.807) is 7.11 Å². The van der Waals surface area contributed by atoms with Gasteiger partial charge in [0.1, 0.15) is 0 Å². The SMILES string of the molecule is CN=C(NCC1(CCOC)CCC1)NC(C)c1cccc(N2CCCC2)c1. The second kappa shape index (κ2) is 9.45. The Morgan fingerprint density at radius 1 is 1.26 bits per heavy atom. The highest BCUT2D eigenvalue weighted by atomic mass is 16.5. The number of hydrogen-bond donors (Lipinski definition) is 2. The molecule has 1 unspecified atom stereocenters. The maximum Gasteiger partial charge on any atom is 0.191 e. The van der Waals surface area contributed by atoms with Crippen LogP contribution < -0.4 is 15.5 Å². The molecule has 1 aromatic carbocycles. The highest BCUT2D eigenvalue weighted by Gasteiger charge is 2.36. The van der Waals surface area contributed by atoms with Crippen LogP contribution in [0.25, 0.3) is 0 Å². The zero-order valence-electron chi connectivity index (χ0n) is 17.3. The second-order valence-electron chi connectivity index (χ2n) is 8.18. The Balaban J connectivity index is 1.55. The summed E-state index contributed by atoms with van der Waals surface area (Å²) in [6.07, 6.45) is 7.64. The van der Waals surface area contributed by atoms with E-state index in [4.69, 9.17) is 4.74 Å². The van der Waals surface area contributed by atoms with Crippen molar-refractivity contribution >= 4 is 11.6 Å². The third-order valence-electron chi connectivity index (χ3n) is 6.30. The molecule has 150 valence electrons. The summed E-state index contributed by atoms with van der Waals surface area (Å²) in [4.78, 5) is 6.93. The predicted octanol–water partition coefficient (Wildman–Crippen LogP) is 3.72. The van der Waals surface area contributed by atoms with Crippen molar-refractivity contribution in [3.05, 3.63) is 29.8 Å². The largest absolute Gasteiger partial charge is 0.385 e. The Morgan fingerprint density at radius 2 is 2.04 bits per heavy atom. The molecular weight excluding hydrogens is 336 g/mol. The number of methoxy groups -OCH3 is 1. The van der Waals surface area contributed by atoms with E-state index in [1.807, 2.05) is 7.05 Å². The molecular formula is C22H36N4O. The first-order valence-corrected chi connectivity index (χ1v) is 10.5. The minimum Gasteiger partial charge on any atom is -0.385 e. The van der Waals surface area contributed by atoms with Gasteiger partial charge in [0.2, 0.25) is 0 Å². The van der Waals surface area contributed by atoms with E-state index in [0.717, 1.165) is 25.5 Å². The predicted molar refractivity (Wildman–Crippen MR) is 114 cm³/mol. The van der Waals surface area contributed by atoms with Crippen LogP contribution >= 0.6 is 0 Å². The molecule has 3 rings (SSSR count). The van der Waals surface area contributed by atoms with Crippen molar-refractivity contribution in [1.29, 1.82) is 0 Å². The number of rotatable bonds is 8. The number of aliphatic imine (C=N–C) groups is 1. The molecule has 5 nitrogen and oxygen atoms in total. The molecule has 2 aliphatic rings. The zero-order chi connectivity index (χ0) is 19.1. The molecule has 0 spiro atoms. The summed E-state index contributed by atoms with van der Waals surface area (Å²) in [5.41, 5.74) is 3.03. The van der Waals surface area contributed by atoms with Crippen molar-refractivity contribution in [3.63, 3.8) is 0 Å². The molecule has 1 saturated heterocycles. The van der Waals surface area contributed by atoms with Crippen LogP contribution in [0.2, 0.25) is 0 Å². The second-order valence-corrected chi connectivity index (χ2v) is 8.18. The first kappa shape index (κ1) is 20.0. The molecule has 1 aromatic rings. The molecule has 1 aliphatic heterocycles. The lowest BCUT2D eigenvalue weighted by atomic mass is 9.67. The van der Waals surface area contributed by atoms with Crippen LogP contribution in [0, 0.1) is 5.41 Å². The third-order valence-corrected chi connectivity index (χ3v) is 6.30. The molecule has 2 fully saturated rings. The Morgan fingerprint density at radius 3 is 2.67 bits per heavy atom. The summed E-state index contributed by atoms with van der Waals surface area (Å²) in [7, 11) is 3.64. The third kappa shape index (κ3) is 5.16. The molecule has 1 atom stereocenters. The van der Waals surface area contributed by atoms with Gasteiger partial charge in [0.15, 0.2) is 5.96 Å². The molecule has 0 aromatic heterocycles. The van der Waals surface area contributed by atoms with E-state index >= 15 is 0 Å². The van der Waals surface area contributed by atoms with Crippen LogP contribution in [-0.4, -0.2) is 46.4 Å². The van der Waals surface area contributed by atoms with Gasteiger partial charge in [-0.05, 0) is 62.1 Å². The minimum absolute atomic E-state index is 0.218. The number of nitrogens with one attached hydrogen (secondary N) is 2.